The number of ketones is 2. The van der Waals surface area contributed by atoms with Crippen LogP contribution in [0, 0.1) is 23.7 Å². The molecule has 0 bridgehead atoms. The molecule has 0 amide bonds. The van der Waals surface area contributed by atoms with Crippen LogP contribution in [0.1, 0.15) is 90.9 Å². The summed E-state index contributed by atoms with van der Waals surface area (Å²) in [7, 11) is 0. The third-order valence-electron chi connectivity index (χ3n) is 6.26. The maximum absolute atomic E-state index is 11.6. The molecule has 126 valence electrons. The molecule has 2 rings (SSSR count). The Kier molecular flexibility index (Phi) is 7.11. The highest BCUT2D eigenvalue weighted by Crippen LogP contribution is 2.45. The quantitative estimate of drug-likeness (QED) is 0.636. The van der Waals surface area contributed by atoms with Crippen molar-refractivity contribution in [3.8, 4) is 0 Å². The van der Waals surface area contributed by atoms with Gasteiger partial charge in [0.25, 0.3) is 0 Å². The van der Waals surface area contributed by atoms with Crippen LogP contribution in [0.25, 0.3) is 0 Å². The first-order valence-electron chi connectivity index (χ1n) is 9.69. The maximum Gasteiger partial charge on any atom is 0.132 e. The van der Waals surface area contributed by atoms with Gasteiger partial charge in [0, 0.05) is 25.7 Å². The summed E-state index contributed by atoms with van der Waals surface area (Å²) in [5, 5.41) is 0. The standard InChI is InChI=1S/C20H34O2/c1-3-5-6-15(4-2)20(16-7-11-18(21)12-8-16)17-9-13-19(22)14-10-17/h15-17,20H,3-14H2,1-2H3. The summed E-state index contributed by atoms with van der Waals surface area (Å²) < 4.78 is 0. The van der Waals surface area contributed by atoms with E-state index in [-0.39, 0.29) is 0 Å². The van der Waals surface area contributed by atoms with E-state index < -0.39 is 0 Å². The Morgan fingerprint density at radius 3 is 1.68 bits per heavy atom. The van der Waals surface area contributed by atoms with E-state index in [4.69, 9.17) is 0 Å². The molecule has 0 radical (unpaired) electrons. The minimum absolute atomic E-state index is 0.468. The minimum atomic E-state index is 0.468. The predicted octanol–water partition coefficient (Wildman–Crippen LogP) is 5.34. The Hall–Kier alpha value is -0.660. The van der Waals surface area contributed by atoms with Gasteiger partial charge in [-0.2, -0.15) is 0 Å². The van der Waals surface area contributed by atoms with Crippen LogP contribution in [0.4, 0.5) is 0 Å². The van der Waals surface area contributed by atoms with E-state index in [2.05, 4.69) is 13.8 Å². The number of unbranched alkanes of at least 4 members (excludes halogenated alkanes) is 1. The number of Topliss-reactive ketones (excluding diaryl/α,β-unsaturated/α-hetero) is 2. The molecule has 0 saturated heterocycles. The monoisotopic (exact) mass is 306 g/mol. The van der Waals surface area contributed by atoms with Crippen LogP contribution in [-0.2, 0) is 9.59 Å². The van der Waals surface area contributed by atoms with Crippen molar-refractivity contribution >= 4 is 11.6 Å². The molecule has 0 aromatic heterocycles. The molecule has 1 atom stereocenters. The van der Waals surface area contributed by atoms with Gasteiger partial charge in [-0.15, -0.1) is 0 Å². The van der Waals surface area contributed by atoms with Gasteiger partial charge < -0.3 is 0 Å². The normalized spacial score (nSPS) is 23.2. The Balaban J connectivity index is 2.08. The first-order valence-corrected chi connectivity index (χ1v) is 9.69. The third-order valence-corrected chi connectivity index (χ3v) is 6.26. The Bertz CT molecular complexity index is 326. The van der Waals surface area contributed by atoms with E-state index >= 15 is 0 Å². The fraction of sp³-hybridized carbons (Fsp3) is 0.900. The molecule has 22 heavy (non-hydrogen) atoms. The average Bonchev–Trinajstić information content (AvgIpc) is 2.54. The number of hydrogen-bond acceptors (Lipinski definition) is 2. The van der Waals surface area contributed by atoms with Gasteiger partial charge in [0.15, 0.2) is 0 Å². The third kappa shape index (κ3) is 4.67. The van der Waals surface area contributed by atoms with Crippen molar-refractivity contribution in [1.82, 2.24) is 0 Å². The van der Waals surface area contributed by atoms with Crippen molar-refractivity contribution in [3.63, 3.8) is 0 Å². The topological polar surface area (TPSA) is 34.1 Å². The lowest BCUT2D eigenvalue weighted by molar-refractivity contribution is -0.122. The lowest BCUT2D eigenvalue weighted by atomic mass is 9.63. The van der Waals surface area contributed by atoms with Gasteiger partial charge in [0.2, 0.25) is 0 Å². The maximum atomic E-state index is 11.6. The SMILES string of the molecule is CCCCC(CC)C(C1CCC(=O)CC1)C1CCC(=O)CC1. The molecular formula is C20H34O2. The summed E-state index contributed by atoms with van der Waals surface area (Å²) in [6, 6.07) is 0. The van der Waals surface area contributed by atoms with Crippen LogP contribution < -0.4 is 0 Å². The Labute approximate surface area is 136 Å². The van der Waals surface area contributed by atoms with Crippen molar-refractivity contribution in [2.75, 3.05) is 0 Å². The summed E-state index contributed by atoms with van der Waals surface area (Å²) in [6.45, 7) is 4.62. The summed E-state index contributed by atoms with van der Waals surface area (Å²) in [5.74, 6) is 3.97. The second kappa shape index (κ2) is 8.84. The molecule has 2 heteroatoms. The summed E-state index contributed by atoms with van der Waals surface area (Å²) >= 11 is 0. The highest BCUT2D eigenvalue weighted by Gasteiger charge is 2.37. The first kappa shape index (κ1) is 17.7. The molecule has 0 aromatic rings. The average molecular weight is 306 g/mol. The van der Waals surface area contributed by atoms with E-state index in [0.29, 0.717) is 11.6 Å². The van der Waals surface area contributed by atoms with Crippen molar-refractivity contribution < 1.29 is 9.59 Å². The summed E-state index contributed by atoms with van der Waals surface area (Å²) in [5.41, 5.74) is 0. The zero-order valence-corrected chi connectivity index (χ0v) is 14.6. The first-order chi connectivity index (χ1) is 10.7. The fourth-order valence-corrected chi connectivity index (χ4v) is 4.98. The molecule has 0 N–H and O–H groups in total. The molecule has 0 spiro atoms. The van der Waals surface area contributed by atoms with Gasteiger partial charge in [0.1, 0.15) is 11.6 Å². The number of rotatable bonds is 7. The lowest BCUT2D eigenvalue weighted by Gasteiger charge is -2.42. The molecule has 0 heterocycles. The van der Waals surface area contributed by atoms with Crippen LogP contribution in [0.15, 0.2) is 0 Å². The van der Waals surface area contributed by atoms with Crippen molar-refractivity contribution in [3.05, 3.63) is 0 Å². The molecular weight excluding hydrogens is 272 g/mol. The summed E-state index contributed by atoms with van der Waals surface area (Å²) in [4.78, 5) is 23.2. The van der Waals surface area contributed by atoms with Gasteiger partial charge in [0.05, 0.1) is 0 Å². The zero-order chi connectivity index (χ0) is 15.9. The van der Waals surface area contributed by atoms with Gasteiger partial charge >= 0.3 is 0 Å². The van der Waals surface area contributed by atoms with Crippen LogP contribution in [0.5, 0.6) is 0 Å². The van der Waals surface area contributed by atoms with Gasteiger partial charge in [-0.25, -0.2) is 0 Å². The number of carbonyl (C=O) groups excluding carboxylic acids is 2. The molecule has 1 unspecified atom stereocenters. The molecule has 0 aliphatic heterocycles. The van der Waals surface area contributed by atoms with Crippen molar-refractivity contribution in [2.45, 2.75) is 90.9 Å². The predicted molar refractivity (Wildman–Crippen MR) is 90.7 cm³/mol. The molecule has 2 saturated carbocycles. The van der Waals surface area contributed by atoms with E-state index in [9.17, 15) is 9.59 Å². The van der Waals surface area contributed by atoms with Gasteiger partial charge in [-0.1, -0.05) is 39.5 Å². The number of hydrogen-bond donors (Lipinski definition) is 0. The smallest absolute Gasteiger partial charge is 0.132 e. The van der Waals surface area contributed by atoms with Crippen LogP contribution in [0.3, 0.4) is 0 Å². The van der Waals surface area contributed by atoms with Gasteiger partial charge in [-0.3, -0.25) is 9.59 Å². The second-order valence-corrected chi connectivity index (χ2v) is 7.64. The molecule has 2 aliphatic carbocycles. The number of carbonyl (C=O) groups is 2. The minimum Gasteiger partial charge on any atom is -0.300 e. The highest BCUT2D eigenvalue weighted by atomic mass is 16.1. The second-order valence-electron chi connectivity index (χ2n) is 7.64. The van der Waals surface area contributed by atoms with Crippen LogP contribution >= 0.6 is 0 Å². The molecule has 0 aromatic carbocycles. The largest absolute Gasteiger partial charge is 0.300 e. The van der Waals surface area contributed by atoms with E-state index in [1.165, 1.54) is 25.7 Å². The molecule has 2 fully saturated rings. The Morgan fingerprint density at radius 2 is 1.32 bits per heavy atom. The van der Waals surface area contributed by atoms with E-state index in [0.717, 1.165) is 75.0 Å². The molecule has 2 nitrogen and oxygen atoms in total. The molecule has 2 aliphatic rings. The highest BCUT2D eigenvalue weighted by molar-refractivity contribution is 5.79. The van der Waals surface area contributed by atoms with Crippen LogP contribution in [0.2, 0.25) is 0 Å². The van der Waals surface area contributed by atoms with Crippen LogP contribution in [-0.4, -0.2) is 11.6 Å². The fourth-order valence-electron chi connectivity index (χ4n) is 4.98. The van der Waals surface area contributed by atoms with E-state index in [1.807, 2.05) is 0 Å². The van der Waals surface area contributed by atoms with E-state index in [1.54, 1.807) is 0 Å². The van der Waals surface area contributed by atoms with Gasteiger partial charge in [-0.05, 0) is 49.4 Å². The van der Waals surface area contributed by atoms with Crippen molar-refractivity contribution in [1.29, 1.82) is 0 Å². The van der Waals surface area contributed by atoms with Crippen molar-refractivity contribution in [2.24, 2.45) is 23.7 Å². The Morgan fingerprint density at radius 1 is 0.864 bits per heavy atom. The lowest BCUT2D eigenvalue weighted by Crippen LogP contribution is -2.35. The summed E-state index contributed by atoms with van der Waals surface area (Å²) in [6.07, 6.45) is 12.8. The zero-order valence-electron chi connectivity index (χ0n) is 14.6.